The summed E-state index contributed by atoms with van der Waals surface area (Å²) in [5.41, 5.74) is 2.42. The van der Waals surface area contributed by atoms with Gasteiger partial charge >= 0.3 is 0 Å². The molecule has 1 fully saturated rings. The minimum atomic E-state index is 0. The van der Waals surface area contributed by atoms with E-state index in [1.165, 1.54) is 5.56 Å². The number of halogens is 1. The van der Waals surface area contributed by atoms with E-state index in [1.807, 2.05) is 24.1 Å². The molecule has 3 heterocycles. The molecule has 3 rings (SSSR count). The summed E-state index contributed by atoms with van der Waals surface area (Å²) in [6.07, 6.45) is 6.00. The van der Waals surface area contributed by atoms with E-state index in [0.29, 0.717) is 6.04 Å². The number of nitrogens with one attached hydrogen (secondary N) is 1. The lowest BCUT2D eigenvalue weighted by Crippen LogP contribution is -2.46. The number of imidazole rings is 1. The second kappa shape index (κ2) is 6.60. The molecule has 1 atom stereocenters. The summed E-state index contributed by atoms with van der Waals surface area (Å²) >= 11 is 0. The lowest BCUT2D eigenvalue weighted by atomic mass is 10.1. The van der Waals surface area contributed by atoms with Crippen LogP contribution in [0.15, 0.2) is 18.6 Å². The molecule has 6 nitrogen and oxygen atoms in total. The number of rotatable bonds is 3. The Balaban J connectivity index is 0.00000161. The van der Waals surface area contributed by atoms with Crippen molar-refractivity contribution < 1.29 is 0 Å². The molecule has 0 aromatic carbocycles. The summed E-state index contributed by atoms with van der Waals surface area (Å²) in [4.78, 5) is 7.01. The first kappa shape index (κ1) is 16.0. The highest BCUT2D eigenvalue weighted by Gasteiger charge is 2.27. The molecule has 1 aliphatic rings. The smallest absolute Gasteiger partial charge is 0.127 e. The number of aromatic nitrogens is 4. The van der Waals surface area contributed by atoms with Crippen LogP contribution in [0, 0.1) is 6.92 Å². The number of piperazine rings is 1. The Morgan fingerprint density at radius 2 is 2.19 bits per heavy atom. The number of nitrogens with zero attached hydrogens (tertiary/aromatic N) is 5. The SMILES string of the molecule is Cc1nn(C)cc1CN1CCNCC1c1nccn1C.Cl. The van der Waals surface area contributed by atoms with Crippen molar-refractivity contribution in [2.45, 2.75) is 19.5 Å². The maximum absolute atomic E-state index is 4.52. The van der Waals surface area contributed by atoms with Gasteiger partial charge in [0.25, 0.3) is 0 Å². The Morgan fingerprint density at radius 1 is 1.38 bits per heavy atom. The predicted octanol–water partition coefficient (Wildman–Crippen LogP) is 1.03. The fourth-order valence-electron chi connectivity index (χ4n) is 2.91. The van der Waals surface area contributed by atoms with Gasteiger partial charge in [-0.3, -0.25) is 9.58 Å². The normalized spacial score (nSPS) is 19.5. The van der Waals surface area contributed by atoms with E-state index in [2.05, 4.69) is 45.0 Å². The lowest BCUT2D eigenvalue weighted by Gasteiger charge is -2.35. The Kier molecular flexibility index (Phi) is 5.03. The molecule has 1 saturated heterocycles. The summed E-state index contributed by atoms with van der Waals surface area (Å²) in [7, 11) is 4.04. The molecule has 2 aromatic heterocycles. The van der Waals surface area contributed by atoms with Crippen LogP contribution in [0.1, 0.15) is 23.1 Å². The zero-order chi connectivity index (χ0) is 14.1. The molecule has 0 amide bonds. The van der Waals surface area contributed by atoms with Gasteiger partial charge in [0.05, 0.1) is 11.7 Å². The standard InChI is InChI=1S/C14H22N6.ClH/c1-11-12(9-19(3)17-11)10-20-7-4-15-8-13(20)14-16-5-6-18(14)2;/h5-6,9,13,15H,4,7-8,10H2,1-3H3;1H. The van der Waals surface area contributed by atoms with Crippen molar-refractivity contribution in [2.24, 2.45) is 14.1 Å². The van der Waals surface area contributed by atoms with Gasteiger partial charge in [-0.05, 0) is 6.92 Å². The van der Waals surface area contributed by atoms with Gasteiger partial charge in [-0.2, -0.15) is 5.10 Å². The average molecular weight is 311 g/mol. The van der Waals surface area contributed by atoms with Crippen LogP contribution in [0.2, 0.25) is 0 Å². The second-order valence-corrected chi connectivity index (χ2v) is 5.50. The molecule has 0 bridgehead atoms. The van der Waals surface area contributed by atoms with Crippen molar-refractivity contribution in [2.75, 3.05) is 19.6 Å². The molecule has 0 radical (unpaired) electrons. The Hall–Kier alpha value is -1.37. The lowest BCUT2D eigenvalue weighted by molar-refractivity contribution is 0.144. The molecule has 1 aliphatic heterocycles. The van der Waals surface area contributed by atoms with E-state index >= 15 is 0 Å². The molecule has 0 aliphatic carbocycles. The highest BCUT2D eigenvalue weighted by molar-refractivity contribution is 5.85. The van der Waals surface area contributed by atoms with Crippen LogP contribution in [-0.2, 0) is 20.6 Å². The van der Waals surface area contributed by atoms with Gasteiger partial charge < -0.3 is 9.88 Å². The number of hydrogen-bond donors (Lipinski definition) is 1. The number of aryl methyl sites for hydroxylation is 3. The zero-order valence-corrected chi connectivity index (χ0v) is 13.6. The minimum absolute atomic E-state index is 0. The molecule has 21 heavy (non-hydrogen) atoms. The molecule has 7 heteroatoms. The van der Waals surface area contributed by atoms with Crippen LogP contribution in [0.4, 0.5) is 0 Å². The first-order chi connectivity index (χ1) is 9.65. The first-order valence-electron chi connectivity index (χ1n) is 7.06. The summed E-state index contributed by atoms with van der Waals surface area (Å²) in [5, 5.41) is 7.91. The van der Waals surface area contributed by atoms with Crippen LogP contribution in [0.25, 0.3) is 0 Å². The van der Waals surface area contributed by atoms with Gasteiger partial charge in [0.15, 0.2) is 0 Å². The monoisotopic (exact) mass is 310 g/mol. The molecule has 0 saturated carbocycles. The fourth-order valence-corrected chi connectivity index (χ4v) is 2.91. The van der Waals surface area contributed by atoms with Crippen LogP contribution < -0.4 is 5.32 Å². The van der Waals surface area contributed by atoms with E-state index in [9.17, 15) is 0 Å². The topological polar surface area (TPSA) is 50.9 Å². The van der Waals surface area contributed by atoms with Crippen molar-refractivity contribution in [3.05, 3.63) is 35.7 Å². The number of hydrogen-bond acceptors (Lipinski definition) is 4. The van der Waals surface area contributed by atoms with Gasteiger partial charge in [0.2, 0.25) is 0 Å². The van der Waals surface area contributed by atoms with Crippen molar-refractivity contribution in [3.63, 3.8) is 0 Å². The molecular weight excluding hydrogens is 288 g/mol. The fraction of sp³-hybridized carbons (Fsp3) is 0.571. The first-order valence-corrected chi connectivity index (χ1v) is 7.06. The van der Waals surface area contributed by atoms with Crippen molar-refractivity contribution >= 4 is 12.4 Å². The second-order valence-electron chi connectivity index (χ2n) is 5.50. The Bertz CT molecular complexity index is 590. The van der Waals surface area contributed by atoms with E-state index in [0.717, 1.165) is 37.7 Å². The van der Waals surface area contributed by atoms with Crippen LogP contribution >= 0.6 is 12.4 Å². The maximum atomic E-state index is 4.52. The van der Waals surface area contributed by atoms with E-state index in [4.69, 9.17) is 0 Å². The summed E-state index contributed by atoms with van der Waals surface area (Å²) < 4.78 is 4.00. The van der Waals surface area contributed by atoms with Gasteiger partial charge in [0, 0.05) is 64.4 Å². The van der Waals surface area contributed by atoms with Crippen LogP contribution in [0.5, 0.6) is 0 Å². The third-order valence-electron chi connectivity index (χ3n) is 4.00. The van der Waals surface area contributed by atoms with Gasteiger partial charge in [-0.25, -0.2) is 4.98 Å². The Labute approximate surface area is 131 Å². The van der Waals surface area contributed by atoms with Crippen LogP contribution in [0.3, 0.4) is 0 Å². The minimum Gasteiger partial charge on any atom is -0.337 e. The van der Waals surface area contributed by atoms with E-state index < -0.39 is 0 Å². The summed E-state index contributed by atoms with van der Waals surface area (Å²) in [5.74, 6) is 1.12. The quantitative estimate of drug-likeness (QED) is 0.920. The highest BCUT2D eigenvalue weighted by Crippen LogP contribution is 2.23. The van der Waals surface area contributed by atoms with Crippen molar-refractivity contribution in [1.29, 1.82) is 0 Å². The third kappa shape index (κ3) is 3.28. The van der Waals surface area contributed by atoms with E-state index in [1.54, 1.807) is 0 Å². The summed E-state index contributed by atoms with van der Waals surface area (Å²) in [6.45, 7) is 6.02. The maximum Gasteiger partial charge on any atom is 0.127 e. The highest BCUT2D eigenvalue weighted by atomic mass is 35.5. The van der Waals surface area contributed by atoms with Gasteiger partial charge in [-0.15, -0.1) is 12.4 Å². The van der Waals surface area contributed by atoms with E-state index in [-0.39, 0.29) is 12.4 Å². The largest absolute Gasteiger partial charge is 0.337 e. The third-order valence-corrected chi connectivity index (χ3v) is 4.00. The molecule has 116 valence electrons. The average Bonchev–Trinajstić information content (AvgIpc) is 2.97. The van der Waals surface area contributed by atoms with Crippen LogP contribution in [-0.4, -0.2) is 43.9 Å². The zero-order valence-electron chi connectivity index (χ0n) is 12.8. The molecule has 2 aromatic rings. The molecule has 0 spiro atoms. The predicted molar refractivity (Wildman–Crippen MR) is 84.4 cm³/mol. The summed E-state index contributed by atoms with van der Waals surface area (Å²) in [6, 6.07) is 0.323. The molecule has 1 N–H and O–H groups in total. The van der Waals surface area contributed by atoms with Gasteiger partial charge in [0.1, 0.15) is 5.82 Å². The molecular formula is C14H23ClN6. The molecule has 1 unspecified atom stereocenters. The van der Waals surface area contributed by atoms with Crippen molar-refractivity contribution in [3.8, 4) is 0 Å². The van der Waals surface area contributed by atoms with Gasteiger partial charge in [-0.1, -0.05) is 0 Å². The van der Waals surface area contributed by atoms with Crippen molar-refractivity contribution in [1.82, 2.24) is 29.5 Å². The Morgan fingerprint density at radius 3 is 2.81 bits per heavy atom.